The molecule has 1 atom stereocenters. The minimum absolute atomic E-state index is 0.165. The van der Waals surface area contributed by atoms with E-state index in [0.29, 0.717) is 12.2 Å². The predicted octanol–water partition coefficient (Wildman–Crippen LogP) is 2.06. The van der Waals surface area contributed by atoms with Crippen LogP contribution in [-0.2, 0) is 4.74 Å². The summed E-state index contributed by atoms with van der Waals surface area (Å²) in [6, 6.07) is -0.307. The Morgan fingerprint density at radius 1 is 1.42 bits per heavy atom. The van der Waals surface area contributed by atoms with E-state index in [9.17, 15) is 9.59 Å². The molecule has 6 heteroatoms. The number of nitrogens with one attached hydrogen (secondary N) is 1. The number of rotatable bonds is 4. The summed E-state index contributed by atoms with van der Waals surface area (Å²) in [7, 11) is 1.55. The van der Waals surface area contributed by atoms with Crippen LogP contribution in [0.25, 0.3) is 0 Å². The zero-order chi connectivity index (χ0) is 14.0. The van der Waals surface area contributed by atoms with Crippen molar-refractivity contribution in [2.75, 3.05) is 13.7 Å². The van der Waals surface area contributed by atoms with Gasteiger partial charge in [0.05, 0.1) is 18.2 Å². The molecule has 0 bridgehead atoms. The second-order valence-electron chi connectivity index (χ2n) is 5.12. The third kappa shape index (κ3) is 2.77. The van der Waals surface area contributed by atoms with E-state index in [0.717, 1.165) is 25.7 Å². The highest BCUT2D eigenvalue weighted by Crippen LogP contribution is 2.34. The average molecular weight is 287 g/mol. The van der Waals surface area contributed by atoms with Gasteiger partial charge in [0.15, 0.2) is 0 Å². The molecule has 1 heterocycles. The Bertz CT molecular complexity index is 558. The summed E-state index contributed by atoms with van der Waals surface area (Å²) in [6.45, 7) is 2.10. The first-order valence-corrected chi connectivity index (χ1v) is 6.97. The van der Waals surface area contributed by atoms with Gasteiger partial charge in [0.2, 0.25) is 0 Å². The Morgan fingerprint density at radius 3 is 2.63 bits per heavy atom. The summed E-state index contributed by atoms with van der Waals surface area (Å²) < 4.78 is 6.23. The fourth-order valence-electron chi connectivity index (χ4n) is 2.82. The molecule has 1 fully saturated rings. The van der Waals surface area contributed by atoms with Gasteiger partial charge in [-0.15, -0.1) is 0 Å². The van der Waals surface area contributed by atoms with E-state index < -0.39 is 5.69 Å². The van der Waals surface area contributed by atoms with Crippen LogP contribution in [0.1, 0.15) is 50.1 Å². The van der Waals surface area contributed by atoms with E-state index in [1.807, 2.05) is 0 Å². The van der Waals surface area contributed by atoms with Gasteiger partial charge in [-0.05, 0) is 25.7 Å². The average Bonchev–Trinajstić information content (AvgIpc) is 2.82. The highest BCUT2D eigenvalue weighted by Gasteiger charge is 2.26. The molecule has 2 rings (SSSR count). The SMILES string of the molecule is COCC(C)n1c(=O)[nH]c(Cl)c(C2CCCC2)c1=O. The van der Waals surface area contributed by atoms with Gasteiger partial charge >= 0.3 is 5.69 Å². The Balaban J connectivity index is 2.53. The number of halogens is 1. The smallest absolute Gasteiger partial charge is 0.329 e. The number of ether oxygens (including phenoxy) is 1. The monoisotopic (exact) mass is 286 g/mol. The lowest BCUT2D eigenvalue weighted by atomic mass is 10.0. The zero-order valence-electron chi connectivity index (χ0n) is 11.2. The molecule has 19 heavy (non-hydrogen) atoms. The van der Waals surface area contributed by atoms with Gasteiger partial charge < -0.3 is 4.74 Å². The van der Waals surface area contributed by atoms with Crippen LogP contribution in [0, 0.1) is 0 Å². The lowest BCUT2D eigenvalue weighted by Gasteiger charge is -2.17. The molecular weight excluding hydrogens is 268 g/mol. The van der Waals surface area contributed by atoms with Crippen molar-refractivity contribution in [3.05, 3.63) is 31.6 Å². The molecule has 0 aromatic carbocycles. The molecule has 1 aromatic rings. The maximum absolute atomic E-state index is 12.5. The van der Waals surface area contributed by atoms with Crippen molar-refractivity contribution >= 4 is 11.6 Å². The molecule has 0 radical (unpaired) electrons. The van der Waals surface area contributed by atoms with Crippen molar-refractivity contribution in [2.24, 2.45) is 0 Å². The van der Waals surface area contributed by atoms with Crippen LogP contribution >= 0.6 is 11.6 Å². The lowest BCUT2D eigenvalue weighted by molar-refractivity contribution is 0.158. The van der Waals surface area contributed by atoms with E-state index in [1.54, 1.807) is 14.0 Å². The third-order valence-electron chi connectivity index (χ3n) is 3.73. The quantitative estimate of drug-likeness (QED) is 0.862. The largest absolute Gasteiger partial charge is 0.383 e. The first-order valence-electron chi connectivity index (χ1n) is 6.59. The molecule has 0 saturated heterocycles. The van der Waals surface area contributed by atoms with E-state index in [1.165, 1.54) is 4.57 Å². The number of hydrogen-bond donors (Lipinski definition) is 1. The van der Waals surface area contributed by atoms with Crippen LogP contribution in [0.15, 0.2) is 9.59 Å². The van der Waals surface area contributed by atoms with Crippen LogP contribution in [0.5, 0.6) is 0 Å². The van der Waals surface area contributed by atoms with Crippen LogP contribution in [0.3, 0.4) is 0 Å². The van der Waals surface area contributed by atoms with Gasteiger partial charge in [-0.2, -0.15) is 0 Å². The second-order valence-corrected chi connectivity index (χ2v) is 5.50. The van der Waals surface area contributed by atoms with Crippen molar-refractivity contribution in [3.8, 4) is 0 Å². The zero-order valence-corrected chi connectivity index (χ0v) is 12.0. The number of aromatic nitrogens is 2. The molecule has 1 N–H and O–H groups in total. The summed E-state index contributed by atoms with van der Waals surface area (Å²) in [4.78, 5) is 27.0. The van der Waals surface area contributed by atoms with Gasteiger partial charge in [0, 0.05) is 7.11 Å². The van der Waals surface area contributed by atoms with Crippen LogP contribution < -0.4 is 11.2 Å². The maximum atomic E-state index is 12.5. The fraction of sp³-hybridized carbons (Fsp3) is 0.692. The standard InChI is InChI=1S/C13H19ClN2O3/c1-8(7-19-2)16-12(17)10(9-5-3-4-6-9)11(14)15-13(16)18/h8-9H,3-7H2,1-2H3,(H,15,18). The number of aromatic amines is 1. The number of nitrogens with zero attached hydrogens (tertiary/aromatic N) is 1. The number of hydrogen-bond acceptors (Lipinski definition) is 3. The van der Waals surface area contributed by atoms with Crippen molar-refractivity contribution in [3.63, 3.8) is 0 Å². The minimum atomic E-state index is -0.471. The first-order chi connectivity index (χ1) is 9.06. The molecule has 1 aliphatic rings. The molecule has 106 valence electrons. The highest BCUT2D eigenvalue weighted by atomic mass is 35.5. The van der Waals surface area contributed by atoms with Gasteiger partial charge in [-0.1, -0.05) is 24.4 Å². The van der Waals surface area contributed by atoms with Crippen molar-refractivity contribution in [2.45, 2.75) is 44.6 Å². The highest BCUT2D eigenvalue weighted by molar-refractivity contribution is 6.30. The molecule has 1 aliphatic carbocycles. The predicted molar refractivity (Wildman–Crippen MR) is 74.1 cm³/mol. The summed E-state index contributed by atoms with van der Waals surface area (Å²) in [5.41, 5.74) is -0.187. The van der Waals surface area contributed by atoms with Crippen molar-refractivity contribution < 1.29 is 4.74 Å². The van der Waals surface area contributed by atoms with E-state index in [-0.39, 0.29) is 22.7 Å². The van der Waals surface area contributed by atoms with Crippen molar-refractivity contribution in [1.82, 2.24) is 9.55 Å². The van der Waals surface area contributed by atoms with Crippen LogP contribution in [0.4, 0.5) is 0 Å². The second kappa shape index (κ2) is 5.92. The third-order valence-corrected chi connectivity index (χ3v) is 4.03. The maximum Gasteiger partial charge on any atom is 0.329 e. The summed E-state index contributed by atoms with van der Waals surface area (Å²) in [5, 5.41) is 0.197. The summed E-state index contributed by atoms with van der Waals surface area (Å²) >= 11 is 6.07. The van der Waals surface area contributed by atoms with Gasteiger partial charge in [0.1, 0.15) is 5.15 Å². The Morgan fingerprint density at radius 2 is 2.05 bits per heavy atom. The van der Waals surface area contributed by atoms with Crippen LogP contribution in [0.2, 0.25) is 5.15 Å². The molecule has 1 aromatic heterocycles. The summed E-state index contributed by atoms with van der Waals surface area (Å²) in [6.07, 6.45) is 4.12. The number of H-pyrrole nitrogens is 1. The number of methoxy groups -OCH3 is 1. The molecule has 1 unspecified atom stereocenters. The van der Waals surface area contributed by atoms with E-state index >= 15 is 0 Å². The van der Waals surface area contributed by atoms with Crippen molar-refractivity contribution in [1.29, 1.82) is 0 Å². The fourth-order valence-corrected chi connectivity index (χ4v) is 3.14. The summed E-state index contributed by atoms with van der Waals surface area (Å²) in [5.74, 6) is 0.165. The molecular formula is C13H19ClN2O3. The Kier molecular flexibility index (Phi) is 4.47. The van der Waals surface area contributed by atoms with E-state index in [2.05, 4.69) is 4.98 Å². The lowest BCUT2D eigenvalue weighted by Crippen LogP contribution is -2.41. The Hall–Kier alpha value is -1.07. The van der Waals surface area contributed by atoms with E-state index in [4.69, 9.17) is 16.3 Å². The Labute approximate surface area is 116 Å². The van der Waals surface area contributed by atoms with Crippen LogP contribution in [-0.4, -0.2) is 23.3 Å². The first kappa shape index (κ1) is 14.3. The molecule has 5 nitrogen and oxygen atoms in total. The topological polar surface area (TPSA) is 64.1 Å². The minimum Gasteiger partial charge on any atom is -0.383 e. The molecule has 0 aliphatic heterocycles. The van der Waals surface area contributed by atoms with Gasteiger partial charge in [-0.3, -0.25) is 14.3 Å². The van der Waals surface area contributed by atoms with Gasteiger partial charge in [-0.25, -0.2) is 4.79 Å². The normalized spacial score (nSPS) is 17.8. The molecule has 0 spiro atoms. The molecule has 0 amide bonds. The molecule has 1 saturated carbocycles. The van der Waals surface area contributed by atoms with Gasteiger partial charge in [0.25, 0.3) is 5.56 Å².